The minimum atomic E-state index is 0.183. The van der Waals surface area contributed by atoms with Gasteiger partial charge in [-0.1, -0.05) is 54.6 Å². The Hall–Kier alpha value is -2.09. The first-order valence-electron chi connectivity index (χ1n) is 7.46. The molecule has 2 heteroatoms. The SMILES string of the molecule is Cc1ccccc1CC(=O)N(Cc1ccccc1)C(C)C. The molecule has 2 aromatic carbocycles. The molecule has 21 heavy (non-hydrogen) atoms. The zero-order valence-corrected chi connectivity index (χ0v) is 13.0. The molecule has 0 aliphatic heterocycles. The maximum absolute atomic E-state index is 12.6. The van der Waals surface area contributed by atoms with Gasteiger partial charge in [0.2, 0.25) is 5.91 Å². The lowest BCUT2D eigenvalue weighted by atomic mass is 10.0. The van der Waals surface area contributed by atoms with E-state index in [2.05, 4.69) is 39.0 Å². The van der Waals surface area contributed by atoms with E-state index >= 15 is 0 Å². The van der Waals surface area contributed by atoms with Crippen LogP contribution >= 0.6 is 0 Å². The van der Waals surface area contributed by atoms with Crippen molar-refractivity contribution in [3.63, 3.8) is 0 Å². The number of hydrogen-bond donors (Lipinski definition) is 0. The van der Waals surface area contributed by atoms with E-state index in [0.29, 0.717) is 13.0 Å². The van der Waals surface area contributed by atoms with Crippen LogP contribution in [0, 0.1) is 6.92 Å². The monoisotopic (exact) mass is 281 g/mol. The van der Waals surface area contributed by atoms with Gasteiger partial charge in [-0.05, 0) is 37.5 Å². The van der Waals surface area contributed by atoms with Crippen molar-refractivity contribution in [3.8, 4) is 0 Å². The Labute approximate surface area is 127 Å². The van der Waals surface area contributed by atoms with Gasteiger partial charge in [0.15, 0.2) is 0 Å². The minimum absolute atomic E-state index is 0.183. The molecule has 1 amide bonds. The fourth-order valence-corrected chi connectivity index (χ4v) is 2.41. The van der Waals surface area contributed by atoms with Crippen LogP contribution in [0.5, 0.6) is 0 Å². The summed E-state index contributed by atoms with van der Waals surface area (Å²) in [5.41, 5.74) is 3.46. The molecular formula is C19H23NO. The van der Waals surface area contributed by atoms with Gasteiger partial charge in [0.05, 0.1) is 6.42 Å². The zero-order valence-electron chi connectivity index (χ0n) is 13.0. The average Bonchev–Trinajstić information content (AvgIpc) is 2.48. The highest BCUT2D eigenvalue weighted by Crippen LogP contribution is 2.13. The summed E-state index contributed by atoms with van der Waals surface area (Å²) in [5, 5.41) is 0. The van der Waals surface area contributed by atoms with Crippen molar-refractivity contribution in [1.82, 2.24) is 4.90 Å². The standard InChI is InChI=1S/C19H23NO/c1-15(2)20(14-17-10-5-4-6-11-17)19(21)13-18-12-8-7-9-16(18)3/h4-12,15H,13-14H2,1-3H3. The molecule has 0 saturated heterocycles. The Kier molecular flexibility index (Phi) is 5.15. The van der Waals surface area contributed by atoms with Crippen LogP contribution in [-0.4, -0.2) is 16.8 Å². The lowest BCUT2D eigenvalue weighted by Crippen LogP contribution is -2.37. The molecule has 0 radical (unpaired) electrons. The summed E-state index contributed by atoms with van der Waals surface area (Å²) >= 11 is 0. The highest BCUT2D eigenvalue weighted by Gasteiger charge is 2.18. The van der Waals surface area contributed by atoms with Gasteiger partial charge < -0.3 is 4.90 Å². The summed E-state index contributed by atoms with van der Waals surface area (Å²) in [6, 6.07) is 18.4. The Balaban J connectivity index is 2.11. The Morgan fingerprint density at radius 3 is 2.24 bits per heavy atom. The second kappa shape index (κ2) is 7.07. The summed E-state index contributed by atoms with van der Waals surface area (Å²) in [7, 11) is 0. The molecule has 2 nitrogen and oxygen atoms in total. The molecule has 0 heterocycles. The average molecular weight is 281 g/mol. The summed E-state index contributed by atoms with van der Waals surface area (Å²) in [6.45, 7) is 6.86. The number of amides is 1. The molecule has 0 bridgehead atoms. The molecule has 0 aliphatic rings. The second-order valence-corrected chi connectivity index (χ2v) is 5.70. The Morgan fingerprint density at radius 2 is 1.62 bits per heavy atom. The highest BCUT2D eigenvalue weighted by atomic mass is 16.2. The van der Waals surface area contributed by atoms with Gasteiger partial charge in [0.1, 0.15) is 0 Å². The lowest BCUT2D eigenvalue weighted by Gasteiger charge is -2.27. The smallest absolute Gasteiger partial charge is 0.227 e. The zero-order chi connectivity index (χ0) is 15.2. The van der Waals surface area contributed by atoms with Crippen molar-refractivity contribution in [1.29, 1.82) is 0 Å². The molecule has 0 atom stereocenters. The van der Waals surface area contributed by atoms with Gasteiger partial charge in [-0.25, -0.2) is 0 Å². The van der Waals surface area contributed by atoms with Crippen LogP contribution in [0.2, 0.25) is 0 Å². The van der Waals surface area contributed by atoms with Gasteiger partial charge in [-0.3, -0.25) is 4.79 Å². The first-order chi connectivity index (χ1) is 10.1. The molecule has 0 fully saturated rings. The van der Waals surface area contributed by atoms with Crippen LogP contribution < -0.4 is 0 Å². The number of benzene rings is 2. The van der Waals surface area contributed by atoms with Crippen molar-refractivity contribution in [3.05, 3.63) is 71.3 Å². The van der Waals surface area contributed by atoms with Crippen LogP contribution in [-0.2, 0) is 17.8 Å². The largest absolute Gasteiger partial charge is 0.336 e. The molecule has 110 valence electrons. The fourth-order valence-electron chi connectivity index (χ4n) is 2.41. The number of nitrogens with zero attached hydrogens (tertiary/aromatic N) is 1. The van der Waals surface area contributed by atoms with E-state index in [4.69, 9.17) is 0 Å². The summed E-state index contributed by atoms with van der Waals surface area (Å²) in [4.78, 5) is 14.6. The third kappa shape index (κ3) is 4.19. The Morgan fingerprint density at radius 1 is 1.00 bits per heavy atom. The normalized spacial score (nSPS) is 10.7. The molecular weight excluding hydrogens is 258 g/mol. The fraction of sp³-hybridized carbons (Fsp3) is 0.316. The van der Waals surface area contributed by atoms with E-state index in [-0.39, 0.29) is 11.9 Å². The topological polar surface area (TPSA) is 20.3 Å². The van der Waals surface area contributed by atoms with E-state index < -0.39 is 0 Å². The van der Waals surface area contributed by atoms with Crippen LogP contribution in [0.3, 0.4) is 0 Å². The summed E-state index contributed by atoms with van der Waals surface area (Å²) in [5.74, 6) is 0.183. The molecule has 0 aliphatic carbocycles. The molecule has 0 unspecified atom stereocenters. The van der Waals surface area contributed by atoms with E-state index in [9.17, 15) is 4.79 Å². The van der Waals surface area contributed by atoms with Gasteiger partial charge in [-0.15, -0.1) is 0 Å². The molecule has 0 aromatic heterocycles. The molecule has 2 aromatic rings. The second-order valence-electron chi connectivity index (χ2n) is 5.70. The molecule has 2 rings (SSSR count). The van der Waals surface area contributed by atoms with Gasteiger partial charge in [0.25, 0.3) is 0 Å². The predicted molar refractivity (Wildman–Crippen MR) is 87.0 cm³/mol. The van der Waals surface area contributed by atoms with Crippen LogP contribution in [0.25, 0.3) is 0 Å². The predicted octanol–water partition coefficient (Wildman–Crippen LogP) is 3.97. The number of carbonyl (C=O) groups excluding carboxylic acids is 1. The van der Waals surface area contributed by atoms with Gasteiger partial charge in [-0.2, -0.15) is 0 Å². The van der Waals surface area contributed by atoms with Gasteiger partial charge in [0, 0.05) is 12.6 Å². The highest BCUT2D eigenvalue weighted by molar-refractivity contribution is 5.79. The third-order valence-corrected chi connectivity index (χ3v) is 3.74. The van der Waals surface area contributed by atoms with E-state index in [1.807, 2.05) is 41.3 Å². The quantitative estimate of drug-likeness (QED) is 0.812. The minimum Gasteiger partial charge on any atom is -0.336 e. The molecule has 0 N–H and O–H groups in total. The van der Waals surface area contributed by atoms with Crippen molar-refractivity contribution >= 4 is 5.91 Å². The van der Waals surface area contributed by atoms with Crippen molar-refractivity contribution in [2.75, 3.05) is 0 Å². The first kappa shape index (κ1) is 15.3. The van der Waals surface area contributed by atoms with E-state index in [1.54, 1.807) is 0 Å². The first-order valence-corrected chi connectivity index (χ1v) is 7.46. The third-order valence-electron chi connectivity index (χ3n) is 3.74. The summed E-state index contributed by atoms with van der Waals surface area (Å²) < 4.78 is 0. The van der Waals surface area contributed by atoms with Crippen LogP contribution in [0.15, 0.2) is 54.6 Å². The number of carbonyl (C=O) groups is 1. The summed E-state index contributed by atoms with van der Waals surface area (Å²) in [6.07, 6.45) is 0.470. The number of aryl methyl sites for hydroxylation is 1. The molecule has 0 saturated carbocycles. The van der Waals surface area contributed by atoms with Crippen molar-refractivity contribution in [2.24, 2.45) is 0 Å². The van der Waals surface area contributed by atoms with Crippen LogP contribution in [0.4, 0.5) is 0 Å². The Bertz CT molecular complexity index is 590. The maximum Gasteiger partial charge on any atom is 0.227 e. The number of rotatable bonds is 5. The van der Waals surface area contributed by atoms with Gasteiger partial charge >= 0.3 is 0 Å². The van der Waals surface area contributed by atoms with E-state index in [0.717, 1.165) is 5.56 Å². The van der Waals surface area contributed by atoms with Crippen molar-refractivity contribution < 1.29 is 4.79 Å². The van der Waals surface area contributed by atoms with Crippen molar-refractivity contribution in [2.45, 2.75) is 39.8 Å². The molecule has 0 spiro atoms. The van der Waals surface area contributed by atoms with E-state index in [1.165, 1.54) is 11.1 Å². The number of hydrogen-bond acceptors (Lipinski definition) is 1. The maximum atomic E-state index is 12.6. The lowest BCUT2D eigenvalue weighted by molar-refractivity contribution is -0.132. The van der Waals surface area contributed by atoms with Crippen LogP contribution in [0.1, 0.15) is 30.5 Å².